The SMILES string of the molecule is NC1(C(=O)NC2CCCCC2C(=O)O)CCOC1. The fourth-order valence-electron chi connectivity index (χ4n) is 2.67. The largest absolute Gasteiger partial charge is 0.481 e. The molecular weight excluding hydrogens is 236 g/mol. The minimum atomic E-state index is -0.986. The third-order valence-electron chi connectivity index (χ3n) is 3.90. The lowest BCUT2D eigenvalue weighted by atomic mass is 9.84. The van der Waals surface area contributed by atoms with Crippen molar-refractivity contribution in [2.24, 2.45) is 11.7 Å². The third-order valence-corrected chi connectivity index (χ3v) is 3.90. The molecule has 0 spiro atoms. The van der Waals surface area contributed by atoms with Crippen LogP contribution in [0.2, 0.25) is 0 Å². The molecule has 0 aromatic rings. The van der Waals surface area contributed by atoms with Gasteiger partial charge in [-0.3, -0.25) is 9.59 Å². The van der Waals surface area contributed by atoms with Gasteiger partial charge in [0, 0.05) is 12.6 Å². The molecule has 2 aliphatic rings. The van der Waals surface area contributed by atoms with E-state index in [9.17, 15) is 9.59 Å². The Kier molecular flexibility index (Phi) is 3.87. The van der Waals surface area contributed by atoms with E-state index < -0.39 is 17.4 Å². The molecule has 1 saturated carbocycles. The minimum Gasteiger partial charge on any atom is -0.481 e. The molecule has 18 heavy (non-hydrogen) atoms. The quantitative estimate of drug-likeness (QED) is 0.652. The summed E-state index contributed by atoms with van der Waals surface area (Å²) in [6.45, 7) is 0.695. The van der Waals surface area contributed by atoms with Gasteiger partial charge in [-0.15, -0.1) is 0 Å². The fourth-order valence-corrected chi connectivity index (χ4v) is 2.67. The average molecular weight is 256 g/mol. The lowest BCUT2D eigenvalue weighted by Crippen LogP contribution is -2.58. The van der Waals surface area contributed by atoms with Crippen molar-refractivity contribution in [2.75, 3.05) is 13.2 Å². The van der Waals surface area contributed by atoms with Crippen molar-refractivity contribution in [3.05, 3.63) is 0 Å². The van der Waals surface area contributed by atoms with E-state index in [0.717, 1.165) is 12.8 Å². The number of ether oxygens (including phenoxy) is 1. The number of nitrogens with one attached hydrogen (secondary N) is 1. The normalized spacial score (nSPS) is 36.3. The molecule has 0 bridgehead atoms. The van der Waals surface area contributed by atoms with Gasteiger partial charge in [-0.2, -0.15) is 0 Å². The Morgan fingerprint density at radius 3 is 2.67 bits per heavy atom. The Bertz CT molecular complexity index is 339. The Hall–Kier alpha value is -1.14. The number of aliphatic carboxylic acids is 1. The number of hydrogen-bond donors (Lipinski definition) is 3. The lowest BCUT2D eigenvalue weighted by Gasteiger charge is -2.32. The predicted octanol–water partition coefficient (Wildman–Crippen LogP) is -0.136. The van der Waals surface area contributed by atoms with Gasteiger partial charge in [0.15, 0.2) is 0 Å². The van der Waals surface area contributed by atoms with Gasteiger partial charge in [0.2, 0.25) is 5.91 Å². The molecule has 1 aliphatic heterocycles. The smallest absolute Gasteiger partial charge is 0.308 e. The van der Waals surface area contributed by atoms with Crippen LogP contribution in [-0.2, 0) is 14.3 Å². The van der Waals surface area contributed by atoms with Crippen molar-refractivity contribution in [1.29, 1.82) is 0 Å². The molecule has 3 atom stereocenters. The summed E-state index contributed by atoms with van der Waals surface area (Å²) in [6, 6.07) is -0.301. The van der Waals surface area contributed by atoms with E-state index in [-0.39, 0.29) is 18.6 Å². The van der Waals surface area contributed by atoms with E-state index in [1.165, 1.54) is 0 Å². The molecule has 0 aromatic carbocycles. The zero-order valence-corrected chi connectivity index (χ0v) is 10.4. The van der Waals surface area contributed by atoms with Gasteiger partial charge in [0.05, 0.1) is 12.5 Å². The molecular formula is C12H20N2O4. The summed E-state index contributed by atoms with van der Waals surface area (Å²) >= 11 is 0. The van der Waals surface area contributed by atoms with Crippen molar-refractivity contribution in [3.8, 4) is 0 Å². The van der Waals surface area contributed by atoms with Crippen molar-refractivity contribution in [3.63, 3.8) is 0 Å². The van der Waals surface area contributed by atoms with Gasteiger partial charge in [0.25, 0.3) is 0 Å². The van der Waals surface area contributed by atoms with Crippen molar-refractivity contribution < 1.29 is 19.4 Å². The van der Waals surface area contributed by atoms with E-state index in [4.69, 9.17) is 15.6 Å². The zero-order valence-electron chi connectivity index (χ0n) is 10.4. The number of nitrogens with two attached hydrogens (primary N) is 1. The van der Waals surface area contributed by atoms with E-state index in [1.54, 1.807) is 0 Å². The Morgan fingerprint density at radius 2 is 2.06 bits per heavy atom. The summed E-state index contributed by atoms with van der Waals surface area (Å²) in [5, 5.41) is 12.0. The summed E-state index contributed by atoms with van der Waals surface area (Å²) in [5.41, 5.74) is 4.97. The van der Waals surface area contributed by atoms with Crippen LogP contribution in [-0.4, -0.2) is 41.8 Å². The van der Waals surface area contributed by atoms with Gasteiger partial charge in [-0.05, 0) is 19.3 Å². The summed E-state index contributed by atoms with van der Waals surface area (Å²) in [5.74, 6) is -1.61. The van der Waals surface area contributed by atoms with Crippen LogP contribution >= 0.6 is 0 Å². The first-order valence-corrected chi connectivity index (χ1v) is 6.43. The van der Waals surface area contributed by atoms with Crippen LogP contribution in [0, 0.1) is 5.92 Å². The summed E-state index contributed by atoms with van der Waals surface area (Å²) in [4.78, 5) is 23.2. The molecule has 1 amide bonds. The summed E-state index contributed by atoms with van der Waals surface area (Å²) in [6.07, 6.45) is 3.67. The van der Waals surface area contributed by atoms with Crippen molar-refractivity contribution in [1.82, 2.24) is 5.32 Å². The zero-order chi connectivity index (χ0) is 13.2. The molecule has 102 valence electrons. The molecule has 3 unspecified atom stereocenters. The van der Waals surface area contributed by atoms with Gasteiger partial charge in [-0.1, -0.05) is 12.8 Å². The number of carboxylic acid groups (broad SMARTS) is 1. The molecule has 1 aliphatic carbocycles. The number of rotatable bonds is 3. The highest BCUT2D eigenvalue weighted by Gasteiger charge is 2.41. The second-order valence-electron chi connectivity index (χ2n) is 5.27. The Morgan fingerprint density at radius 1 is 1.33 bits per heavy atom. The first-order chi connectivity index (χ1) is 8.53. The second kappa shape index (κ2) is 5.24. The predicted molar refractivity (Wildman–Crippen MR) is 63.9 cm³/mol. The summed E-state index contributed by atoms with van der Waals surface area (Å²) in [7, 11) is 0. The molecule has 1 saturated heterocycles. The first-order valence-electron chi connectivity index (χ1n) is 6.43. The van der Waals surface area contributed by atoms with Crippen LogP contribution in [0.15, 0.2) is 0 Å². The molecule has 6 nitrogen and oxygen atoms in total. The van der Waals surface area contributed by atoms with Crippen LogP contribution in [0.25, 0.3) is 0 Å². The van der Waals surface area contributed by atoms with E-state index in [0.29, 0.717) is 25.9 Å². The van der Waals surface area contributed by atoms with Gasteiger partial charge in [-0.25, -0.2) is 0 Å². The van der Waals surface area contributed by atoms with Gasteiger partial charge < -0.3 is 20.9 Å². The molecule has 0 aromatic heterocycles. The van der Waals surface area contributed by atoms with Crippen molar-refractivity contribution in [2.45, 2.75) is 43.7 Å². The highest BCUT2D eigenvalue weighted by molar-refractivity contribution is 5.87. The Balaban J connectivity index is 1.98. The standard InChI is InChI=1S/C12H20N2O4/c13-12(5-6-18-7-12)11(17)14-9-4-2-1-3-8(9)10(15)16/h8-9H,1-7,13H2,(H,14,17)(H,15,16). The summed E-state index contributed by atoms with van der Waals surface area (Å²) < 4.78 is 5.14. The van der Waals surface area contributed by atoms with Crippen molar-refractivity contribution >= 4 is 11.9 Å². The van der Waals surface area contributed by atoms with E-state index in [1.807, 2.05) is 0 Å². The van der Waals surface area contributed by atoms with Gasteiger partial charge in [0.1, 0.15) is 5.54 Å². The maximum Gasteiger partial charge on any atom is 0.308 e. The number of carboxylic acids is 1. The molecule has 1 heterocycles. The topological polar surface area (TPSA) is 102 Å². The number of carbonyl (C=O) groups is 2. The van der Waals surface area contributed by atoms with Gasteiger partial charge >= 0.3 is 5.97 Å². The Labute approximate surface area is 106 Å². The monoisotopic (exact) mass is 256 g/mol. The number of carbonyl (C=O) groups excluding carboxylic acids is 1. The van der Waals surface area contributed by atoms with Crippen LogP contribution < -0.4 is 11.1 Å². The lowest BCUT2D eigenvalue weighted by molar-refractivity contribution is -0.144. The van der Waals surface area contributed by atoms with E-state index >= 15 is 0 Å². The number of amides is 1. The number of hydrogen-bond acceptors (Lipinski definition) is 4. The molecule has 4 N–H and O–H groups in total. The van der Waals surface area contributed by atoms with Crippen LogP contribution in [0.5, 0.6) is 0 Å². The highest BCUT2D eigenvalue weighted by Crippen LogP contribution is 2.26. The minimum absolute atomic E-state index is 0.212. The maximum absolute atomic E-state index is 12.1. The van der Waals surface area contributed by atoms with Crippen LogP contribution in [0.4, 0.5) is 0 Å². The average Bonchev–Trinajstić information content (AvgIpc) is 2.78. The molecule has 2 fully saturated rings. The third kappa shape index (κ3) is 2.64. The molecule has 2 rings (SSSR count). The molecule has 6 heteroatoms. The highest BCUT2D eigenvalue weighted by atomic mass is 16.5. The molecule has 0 radical (unpaired) electrons. The first kappa shape index (κ1) is 13.3. The van der Waals surface area contributed by atoms with E-state index in [2.05, 4.69) is 5.32 Å². The maximum atomic E-state index is 12.1. The second-order valence-corrected chi connectivity index (χ2v) is 5.27. The van der Waals surface area contributed by atoms with Crippen LogP contribution in [0.3, 0.4) is 0 Å². The van der Waals surface area contributed by atoms with Crippen LogP contribution in [0.1, 0.15) is 32.1 Å². The fraction of sp³-hybridized carbons (Fsp3) is 0.833.